The lowest BCUT2D eigenvalue weighted by Crippen LogP contribution is -2.22. The van der Waals surface area contributed by atoms with Crippen LogP contribution in [0.25, 0.3) is 0 Å². The first-order valence-corrected chi connectivity index (χ1v) is 7.31. The quantitative estimate of drug-likeness (QED) is 0.797. The Morgan fingerprint density at radius 1 is 1.12 bits per heavy atom. The van der Waals surface area contributed by atoms with Crippen molar-refractivity contribution in [1.82, 2.24) is 5.32 Å². The van der Waals surface area contributed by atoms with Gasteiger partial charge in [-0.3, -0.25) is 0 Å². The van der Waals surface area contributed by atoms with E-state index in [-0.39, 0.29) is 0 Å². The average Bonchev–Trinajstić information content (AvgIpc) is 2.14. The molecule has 0 aromatic heterocycles. The van der Waals surface area contributed by atoms with Crippen molar-refractivity contribution >= 4 is 31.9 Å². The van der Waals surface area contributed by atoms with E-state index in [9.17, 15) is 0 Å². The lowest BCUT2D eigenvalue weighted by molar-refractivity contribution is 0.438. The molecule has 0 fully saturated rings. The molecule has 1 aromatic carbocycles. The van der Waals surface area contributed by atoms with Crippen molar-refractivity contribution in [2.24, 2.45) is 5.92 Å². The fourth-order valence-corrected chi connectivity index (χ4v) is 3.16. The molecular weight excluding hydrogens is 330 g/mol. The van der Waals surface area contributed by atoms with Gasteiger partial charge in [0.15, 0.2) is 0 Å². The van der Waals surface area contributed by atoms with Crippen molar-refractivity contribution in [3.05, 3.63) is 32.7 Å². The summed E-state index contributed by atoms with van der Waals surface area (Å²) in [4.78, 5) is 0. The lowest BCUT2D eigenvalue weighted by atomic mass is 9.97. The van der Waals surface area contributed by atoms with Gasteiger partial charge in [-0.05, 0) is 42.6 Å². The van der Waals surface area contributed by atoms with Gasteiger partial charge in [0.25, 0.3) is 0 Å². The monoisotopic (exact) mass is 347 g/mol. The minimum atomic E-state index is 0.443. The van der Waals surface area contributed by atoms with E-state index >= 15 is 0 Å². The van der Waals surface area contributed by atoms with Gasteiger partial charge in [-0.2, -0.15) is 0 Å². The van der Waals surface area contributed by atoms with E-state index in [1.807, 2.05) is 0 Å². The number of hydrogen-bond acceptors (Lipinski definition) is 1. The Labute approximate surface area is 115 Å². The predicted molar refractivity (Wildman–Crippen MR) is 77.7 cm³/mol. The maximum atomic E-state index is 3.54. The number of nitrogens with one attached hydrogen (secondary N) is 1. The van der Waals surface area contributed by atoms with Crippen molar-refractivity contribution in [3.8, 4) is 0 Å². The molecule has 1 atom stereocenters. The highest BCUT2D eigenvalue weighted by molar-refractivity contribution is 9.11. The van der Waals surface area contributed by atoms with Crippen molar-refractivity contribution in [2.75, 3.05) is 6.54 Å². The fraction of sp³-hybridized carbons (Fsp3) is 0.538. The van der Waals surface area contributed by atoms with Crippen molar-refractivity contribution in [2.45, 2.75) is 33.2 Å². The molecule has 1 unspecified atom stereocenters. The third-order valence-corrected chi connectivity index (χ3v) is 3.36. The Bertz CT molecular complexity index is 316. The zero-order valence-corrected chi connectivity index (χ0v) is 13.2. The first-order valence-electron chi connectivity index (χ1n) is 5.72. The van der Waals surface area contributed by atoms with Crippen LogP contribution in [-0.2, 0) is 0 Å². The third-order valence-electron chi connectivity index (χ3n) is 2.44. The number of rotatable bonds is 5. The molecule has 1 nitrogen and oxygen atoms in total. The molecule has 3 heteroatoms. The van der Waals surface area contributed by atoms with Crippen LogP contribution in [0.2, 0.25) is 0 Å². The molecule has 1 N–H and O–H groups in total. The minimum absolute atomic E-state index is 0.443. The minimum Gasteiger partial charge on any atom is -0.310 e. The Balaban J connectivity index is 2.90. The molecule has 0 saturated heterocycles. The van der Waals surface area contributed by atoms with E-state index in [0.717, 1.165) is 21.9 Å². The van der Waals surface area contributed by atoms with Crippen LogP contribution in [0.4, 0.5) is 0 Å². The van der Waals surface area contributed by atoms with Crippen LogP contribution in [0.5, 0.6) is 0 Å². The van der Waals surface area contributed by atoms with Crippen LogP contribution >= 0.6 is 31.9 Å². The highest BCUT2D eigenvalue weighted by atomic mass is 79.9. The summed E-state index contributed by atoms with van der Waals surface area (Å²) in [6.07, 6.45) is 1.16. The largest absolute Gasteiger partial charge is 0.310 e. The number of halogens is 2. The van der Waals surface area contributed by atoms with Gasteiger partial charge < -0.3 is 5.32 Å². The second-order valence-corrected chi connectivity index (χ2v) is 6.27. The molecule has 0 bridgehead atoms. The SMILES string of the molecule is CCNC(CC(C)C)c1cc(Br)cc(Br)c1. The van der Waals surface area contributed by atoms with Crippen LogP contribution < -0.4 is 5.32 Å². The normalized spacial score (nSPS) is 13.1. The standard InChI is InChI=1S/C13H19Br2N/c1-4-16-13(5-9(2)3)10-6-11(14)8-12(15)7-10/h6-9,13,16H,4-5H2,1-3H3. The summed E-state index contributed by atoms with van der Waals surface area (Å²) < 4.78 is 2.26. The van der Waals surface area contributed by atoms with Crippen LogP contribution in [0.15, 0.2) is 27.1 Å². The summed E-state index contributed by atoms with van der Waals surface area (Å²) in [5.74, 6) is 0.696. The molecule has 0 aliphatic carbocycles. The second kappa shape index (κ2) is 6.77. The first-order chi connectivity index (χ1) is 7.52. The molecule has 0 saturated carbocycles. The summed E-state index contributed by atoms with van der Waals surface area (Å²) in [5.41, 5.74) is 1.34. The van der Waals surface area contributed by atoms with Crippen LogP contribution in [0.3, 0.4) is 0 Å². The topological polar surface area (TPSA) is 12.0 Å². The van der Waals surface area contributed by atoms with Crippen molar-refractivity contribution in [1.29, 1.82) is 0 Å². The maximum absolute atomic E-state index is 3.54. The van der Waals surface area contributed by atoms with Gasteiger partial charge in [0.2, 0.25) is 0 Å². The van der Waals surface area contributed by atoms with Gasteiger partial charge in [-0.15, -0.1) is 0 Å². The van der Waals surface area contributed by atoms with E-state index in [0.29, 0.717) is 12.0 Å². The Hall–Kier alpha value is 0.140. The number of hydrogen-bond donors (Lipinski definition) is 1. The van der Waals surface area contributed by atoms with Crippen LogP contribution in [0, 0.1) is 5.92 Å². The smallest absolute Gasteiger partial charge is 0.0323 e. The molecule has 0 aliphatic rings. The summed E-state index contributed by atoms with van der Waals surface area (Å²) in [6.45, 7) is 7.68. The average molecular weight is 349 g/mol. The van der Waals surface area contributed by atoms with E-state index in [1.54, 1.807) is 0 Å². The molecule has 0 spiro atoms. The van der Waals surface area contributed by atoms with E-state index in [1.165, 1.54) is 5.56 Å². The summed E-state index contributed by atoms with van der Waals surface area (Å²) in [5, 5.41) is 3.54. The van der Waals surface area contributed by atoms with Crippen LogP contribution in [-0.4, -0.2) is 6.54 Å². The van der Waals surface area contributed by atoms with E-state index in [2.05, 4.69) is 76.1 Å². The molecule has 0 aliphatic heterocycles. The zero-order chi connectivity index (χ0) is 12.1. The maximum Gasteiger partial charge on any atom is 0.0323 e. The Kier molecular flexibility index (Phi) is 6.01. The van der Waals surface area contributed by atoms with Crippen molar-refractivity contribution in [3.63, 3.8) is 0 Å². The lowest BCUT2D eigenvalue weighted by Gasteiger charge is -2.21. The highest BCUT2D eigenvalue weighted by Crippen LogP contribution is 2.27. The molecule has 0 radical (unpaired) electrons. The molecule has 0 amide bonds. The fourth-order valence-electron chi connectivity index (χ4n) is 1.83. The summed E-state index contributed by atoms with van der Waals surface area (Å²) in [7, 11) is 0. The first kappa shape index (κ1) is 14.2. The summed E-state index contributed by atoms with van der Waals surface area (Å²) in [6, 6.07) is 6.90. The molecule has 1 rings (SSSR count). The van der Waals surface area contributed by atoms with Gasteiger partial charge in [-0.1, -0.05) is 52.6 Å². The van der Waals surface area contributed by atoms with E-state index in [4.69, 9.17) is 0 Å². The predicted octanol–water partition coefficient (Wildman–Crippen LogP) is 4.91. The highest BCUT2D eigenvalue weighted by Gasteiger charge is 2.13. The van der Waals surface area contributed by atoms with Gasteiger partial charge in [0, 0.05) is 15.0 Å². The van der Waals surface area contributed by atoms with Gasteiger partial charge in [0.1, 0.15) is 0 Å². The zero-order valence-electron chi connectivity index (χ0n) is 10.1. The third kappa shape index (κ3) is 4.56. The molecule has 90 valence electrons. The van der Waals surface area contributed by atoms with Gasteiger partial charge >= 0.3 is 0 Å². The molecular formula is C13H19Br2N. The Morgan fingerprint density at radius 3 is 2.12 bits per heavy atom. The van der Waals surface area contributed by atoms with E-state index < -0.39 is 0 Å². The van der Waals surface area contributed by atoms with Crippen LogP contribution in [0.1, 0.15) is 38.8 Å². The van der Waals surface area contributed by atoms with Gasteiger partial charge in [0.05, 0.1) is 0 Å². The number of benzene rings is 1. The van der Waals surface area contributed by atoms with Crippen molar-refractivity contribution < 1.29 is 0 Å². The summed E-state index contributed by atoms with van der Waals surface area (Å²) >= 11 is 7.08. The Morgan fingerprint density at radius 2 is 1.69 bits per heavy atom. The van der Waals surface area contributed by atoms with Gasteiger partial charge in [-0.25, -0.2) is 0 Å². The molecule has 16 heavy (non-hydrogen) atoms. The molecule has 0 heterocycles. The second-order valence-electron chi connectivity index (χ2n) is 4.44. The molecule has 1 aromatic rings.